The summed E-state index contributed by atoms with van der Waals surface area (Å²) >= 11 is 0. The SMILES string of the molecule is CC(C[P+](=O)C(C)N)C(=O)O. The summed E-state index contributed by atoms with van der Waals surface area (Å²) in [5, 5.41) is 8.44. The normalized spacial score (nSPS) is 17.2. The van der Waals surface area contributed by atoms with Gasteiger partial charge in [-0.3, -0.25) is 10.5 Å². The lowest BCUT2D eigenvalue weighted by Gasteiger charge is -1.97. The fourth-order valence-corrected chi connectivity index (χ4v) is 1.54. The third-order valence-corrected chi connectivity index (χ3v) is 3.15. The van der Waals surface area contributed by atoms with Gasteiger partial charge in [0.15, 0.2) is 6.16 Å². The summed E-state index contributed by atoms with van der Waals surface area (Å²) in [6.07, 6.45) is 0.169. The van der Waals surface area contributed by atoms with E-state index < -0.39 is 25.5 Å². The smallest absolute Gasteiger partial charge is 0.357 e. The van der Waals surface area contributed by atoms with Crippen molar-refractivity contribution in [3.63, 3.8) is 0 Å². The van der Waals surface area contributed by atoms with Gasteiger partial charge in [-0.25, -0.2) is 0 Å². The Morgan fingerprint density at radius 3 is 2.36 bits per heavy atom. The minimum Gasteiger partial charge on any atom is -0.481 e. The third-order valence-electron chi connectivity index (χ3n) is 1.33. The zero-order chi connectivity index (χ0) is 9.02. The maximum Gasteiger partial charge on any atom is 0.357 e. The predicted octanol–water partition coefficient (Wildman–Crippen LogP) is 0.839. The molecule has 11 heavy (non-hydrogen) atoms. The lowest BCUT2D eigenvalue weighted by atomic mass is 10.2. The number of aliphatic carboxylic acids is 1. The molecule has 0 bridgehead atoms. The standard InChI is InChI=1S/C6H12NO3P/c1-4(6(8)9)3-11(10)5(2)7/h4-5H,3,7H2,1-2H3/p+1. The van der Waals surface area contributed by atoms with E-state index in [0.717, 1.165) is 0 Å². The lowest BCUT2D eigenvalue weighted by molar-refractivity contribution is -0.140. The molecule has 0 aromatic carbocycles. The first-order valence-corrected chi connectivity index (χ1v) is 4.88. The monoisotopic (exact) mass is 178 g/mol. The van der Waals surface area contributed by atoms with E-state index in [2.05, 4.69) is 0 Å². The summed E-state index contributed by atoms with van der Waals surface area (Å²) in [6.45, 7) is 3.14. The molecule has 64 valence electrons. The predicted molar refractivity (Wildman–Crippen MR) is 42.9 cm³/mol. The Morgan fingerprint density at radius 2 is 2.09 bits per heavy atom. The van der Waals surface area contributed by atoms with E-state index in [0.29, 0.717) is 0 Å². The Hall–Kier alpha value is -0.470. The first-order chi connectivity index (χ1) is 4.95. The van der Waals surface area contributed by atoms with Crippen LogP contribution in [0.5, 0.6) is 0 Å². The van der Waals surface area contributed by atoms with Crippen LogP contribution in [0, 0.1) is 5.92 Å². The van der Waals surface area contributed by atoms with E-state index in [4.69, 9.17) is 10.8 Å². The molecule has 0 aliphatic heterocycles. The molecule has 4 nitrogen and oxygen atoms in total. The highest BCUT2D eigenvalue weighted by atomic mass is 31.1. The van der Waals surface area contributed by atoms with Gasteiger partial charge in [0.1, 0.15) is 0 Å². The zero-order valence-corrected chi connectivity index (χ0v) is 7.54. The van der Waals surface area contributed by atoms with Crippen LogP contribution < -0.4 is 5.73 Å². The maximum absolute atomic E-state index is 11.0. The van der Waals surface area contributed by atoms with Crippen molar-refractivity contribution >= 4 is 13.8 Å². The highest BCUT2D eigenvalue weighted by Crippen LogP contribution is 2.26. The van der Waals surface area contributed by atoms with Crippen LogP contribution in [0.25, 0.3) is 0 Å². The molecule has 0 aromatic rings. The van der Waals surface area contributed by atoms with Gasteiger partial charge in [0.25, 0.3) is 0 Å². The van der Waals surface area contributed by atoms with Crippen molar-refractivity contribution in [1.82, 2.24) is 0 Å². The fourth-order valence-electron chi connectivity index (χ4n) is 0.514. The molecule has 0 aliphatic rings. The van der Waals surface area contributed by atoms with Crippen LogP contribution in [0.1, 0.15) is 13.8 Å². The molecular formula is C6H13NO3P+. The fraction of sp³-hybridized carbons (Fsp3) is 0.833. The summed E-state index contributed by atoms with van der Waals surface area (Å²) in [5.74, 6) is -1.90. The average Bonchev–Trinajstić information content (AvgIpc) is 1.87. The van der Waals surface area contributed by atoms with Crippen molar-refractivity contribution in [2.24, 2.45) is 11.7 Å². The van der Waals surface area contributed by atoms with Crippen molar-refractivity contribution < 1.29 is 14.5 Å². The van der Waals surface area contributed by atoms with E-state index in [1.54, 1.807) is 6.92 Å². The Kier molecular flexibility index (Phi) is 4.23. The van der Waals surface area contributed by atoms with E-state index >= 15 is 0 Å². The first-order valence-electron chi connectivity index (χ1n) is 3.37. The topological polar surface area (TPSA) is 80.4 Å². The molecule has 3 N–H and O–H groups in total. The number of rotatable bonds is 4. The molecule has 0 amide bonds. The van der Waals surface area contributed by atoms with Crippen LogP contribution >= 0.6 is 7.80 Å². The molecule has 0 fully saturated rings. The molecule has 0 aromatic heterocycles. The van der Waals surface area contributed by atoms with Gasteiger partial charge < -0.3 is 5.11 Å². The highest BCUT2D eigenvalue weighted by Gasteiger charge is 2.27. The molecule has 0 spiro atoms. The van der Waals surface area contributed by atoms with Crippen LogP contribution in [0.2, 0.25) is 0 Å². The van der Waals surface area contributed by atoms with Gasteiger partial charge in [-0.2, -0.15) is 0 Å². The van der Waals surface area contributed by atoms with Gasteiger partial charge in [-0.05, 0) is 13.8 Å². The number of hydrogen-bond donors (Lipinski definition) is 2. The molecule has 0 rings (SSSR count). The van der Waals surface area contributed by atoms with Gasteiger partial charge >= 0.3 is 13.8 Å². The highest BCUT2D eigenvalue weighted by molar-refractivity contribution is 7.45. The van der Waals surface area contributed by atoms with Gasteiger partial charge in [0.2, 0.25) is 5.78 Å². The minimum atomic E-state index is -1.56. The van der Waals surface area contributed by atoms with Gasteiger partial charge in [0.05, 0.1) is 5.92 Å². The molecule has 0 aliphatic carbocycles. The number of carboxylic acid groups (broad SMARTS) is 1. The van der Waals surface area contributed by atoms with Crippen LogP contribution in [0.15, 0.2) is 0 Å². The zero-order valence-electron chi connectivity index (χ0n) is 6.65. The van der Waals surface area contributed by atoms with Gasteiger partial charge in [0, 0.05) is 0 Å². The molecule has 0 saturated carbocycles. The Balaban J connectivity index is 3.85. The summed E-state index contributed by atoms with van der Waals surface area (Å²) in [4.78, 5) is 10.3. The first kappa shape index (κ1) is 10.5. The number of nitrogens with two attached hydrogens (primary N) is 1. The second-order valence-electron chi connectivity index (χ2n) is 2.58. The minimum absolute atomic E-state index is 0.169. The summed E-state index contributed by atoms with van der Waals surface area (Å²) in [6, 6.07) is 0. The molecular weight excluding hydrogens is 165 g/mol. The van der Waals surface area contributed by atoms with Crippen LogP contribution in [0.4, 0.5) is 0 Å². The molecule has 3 atom stereocenters. The number of carboxylic acids is 1. The summed E-state index contributed by atoms with van der Waals surface area (Å²) < 4.78 is 11.0. The molecule has 3 unspecified atom stereocenters. The van der Waals surface area contributed by atoms with E-state index in [9.17, 15) is 9.36 Å². The summed E-state index contributed by atoms with van der Waals surface area (Å²) in [7, 11) is -1.56. The van der Waals surface area contributed by atoms with Gasteiger partial charge in [-0.15, -0.1) is 0 Å². The van der Waals surface area contributed by atoms with Crippen molar-refractivity contribution in [2.45, 2.75) is 19.6 Å². The lowest BCUT2D eigenvalue weighted by Crippen LogP contribution is -2.17. The van der Waals surface area contributed by atoms with E-state index in [1.807, 2.05) is 0 Å². The quantitative estimate of drug-likeness (QED) is 0.625. The largest absolute Gasteiger partial charge is 0.481 e. The third kappa shape index (κ3) is 4.06. The summed E-state index contributed by atoms with van der Waals surface area (Å²) in [5.41, 5.74) is 5.31. The number of hydrogen-bond acceptors (Lipinski definition) is 3. The molecule has 0 saturated heterocycles. The molecule has 5 heteroatoms. The average molecular weight is 178 g/mol. The molecule has 0 heterocycles. The van der Waals surface area contributed by atoms with E-state index in [-0.39, 0.29) is 6.16 Å². The van der Waals surface area contributed by atoms with Crippen LogP contribution in [0.3, 0.4) is 0 Å². The van der Waals surface area contributed by atoms with Crippen molar-refractivity contribution in [2.75, 3.05) is 6.16 Å². The Bertz CT molecular complexity index is 169. The van der Waals surface area contributed by atoms with Crippen molar-refractivity contribution in [3.8, 4) is 0 Å². The van der Waals surface area contributed by atoms with Gasteiger partial charge in [-0.1, -0.05) is 4.57 Å². The number of carbonyl (C=O) groups is 1. The van der Waals surface area contributed by atoms with Crippen molar-refractivity contribution in [1.29, 1.82) is 0 Å². The maximum atomic E-state index is 11.0. The Labute approximate surface area is 66.6 Å². The second kappa shape index (κ2) is 4.42. The van der Waals surface area contributed by atoms with Crippen LogP contribution in [-0.2, 0) is 9.36 Å². The van der Waals surface area contributed by atoms with E-state index in [1.165, 1.54) is 6.92 Å². The Morgan fingerprint density at radius 1 is 1.64 bits per heavy atom. The molecule has 0 radical (unpaired) electrons. The second-order valence-corrected chi connectivity index (χ2v) is 4.59. The van der Waals surface area contributed by atoms with Crippen molar-refractivity contribution in [3.05, 3.63) is 0 Å². The van der Waals surface area contributed by atoms with Crippen LogP contribution in [-0.4, -0.2) is 23.0 Å².